The van der Waals surface area contributed by atoms with Gasteiger partial charge < -0.3 is 0 Å². The molecule has 0 aromatic heterocycles. The first kappa shape index (κ1) is 17.5. The second kappa shape index (κ2) is 7.72. The molecule has 0 spiro atoms. The highest BCUT2D eigenvalue weighted by Crippen LogP contribution is 2.60. The van der Waals surface area contributed by atoms with Crippen LogP contribution in [0.25, 0.3) is 0 Å². The second-order valence-electron chi connectivity index (χ2n) is 8.59. The van der Waals surface area contributed by atoms with Gasteiger partial charge in [-0.3, -0.25) is 0 Å². The first-order valence-corrected chi connectivity index (χ1v) is 13.2. The van der Waals surface area contributed by atoms with Gasteiger partial charge in [-0.25, -0.2) is 0 Å². The van der Waals surface area contributed by atoms with E-state index in [1.807, 2.05) is 0 Å². The van der Waals surface area contributed by atoms with Gasteiger partial charge in [-0.15, -0.1) is 0 Å². The van der Waals surface area contributed by atoms with E-state index >= 15 is 0 Å². The van der Waals surface area contributed by atoms with Gasteiger partial charge in [0.15, 0.2) is 0 Å². The lowest BCUT2D eigenvalue weighted by molar-refractivity contribution is 0.383. The van der Waals surface area contributed by atoms with E-state index in [1.165, 1.54) is 32.1 Å². The molecule has 0 nitrogen and oxygen atoms in total. The van der Waals surface area contributed by atoms with Gasteiger partial charge >= 0.3 is 0 Å². The van der Waals surface area contributed by atoms with Crippen LogP contribution in [0.1, 0.15) is 72.1 Å². The highest BCUT2D eigenvalue weighted by atomic mass is 28.3. The fourth-order valence-corrected chi connectivity index (χ4v) is 13.4. The summed E-state index contributed by atoms with van der Waals surface area (Å²) in [5.74, 6) is 2.76. The highest BCUT2D eigenvalue weighted by molar-refractivity contribution is 6.82. The zero-order valence-corrected chi connectivity index (χ0v) is 16.8. The van der Waals surface area contributed by atoms with Crippen LogP contribution in [-0.2, 0) is 0 Å². The number of rotatable bonds is 7. The normalized spacial score (nSPS) is 34.2. The molecule has 4 unspecified atom stereocenters. The summed E-state index contributed by atoms with van der Waals surface area (Å²) in [5.41, 5.74) is 2.22. The van der Waals surface area contributed by atoms with Crippen LogP contribution in [0.2, 0.25) is 23.2 Å². The van der Waals surface area contributed by atoms with Gasteiger partial charge in [0.05, 0.1) is 8.07 Å². The first-order valence-electron chi connectivity index (χ1n) is 10.6. The van der Waals surface area contributed by atoms with Crippen LogP contribution >= 0.6 is 0 Å². The largest absolute Gasteiger partial charge is 0.0808 e. The molecule has 130 valence electrons. The van der Waals surface area contributed by atoms with Crippen molar-refractivity contribution < 1.29 is 0 Å². The zero-order valence-electron chi connectivity index (χ0n) is 15.8. The lowest BCUT2D eigenvalue weighted by atomic mass is 9.84. The van der Waals surface area contributed by atoms with Gasteiger partial charge in [0.1, 0.15) is 0 Å². The van der Waals surface area contributed by atoms with Crippen LogP contribution < -0.4 is 0 Å². The molecule has 3 aliphatic rings. The summed E-state index contributed by atoms with van der Waals surface area (Å²) in [6.45, 7) is 7.48. The summed E-state index contributed by atoms with van der Waals surface area (Å²) in [5, 5.41) is 0. The maximum absolute atomic E-state index is 2.63. The van der Waals surface area contributed by atoms with E-state index in [9.17, 15) is 0 Å². The minimum absolute atomic E-state index is 0.878. The van der Waals surface area contributed by atoms with Crippen LogP contribution in [0.4, 0.5) is 0 Å². The predicted octanol–water partition coefficient (Wildman–Crippen LogP) is 7.36. The van der Waals surface area contributed by atoms with Crippen LogP contribution in [0, 0.1) is 17.8 Å². The number of fused-ring (bicyclic) bond motifs is 1. The van der Waals surface area contributed by atoms with E-state index in [0.29, 0.717) is 0 Å². The van der Waals surface area contributed by atoms with E-state index in [4.69, 9.17) is 0 Å². The molecule has 0 saturated heterocycles. The smallest absolute Gasteiger partial charge is 0.0598 e. The summed E-state index contributed by atoms with van der Waals surface area (Å²) in [4.78, 5) is 0. The molecule has 0 aliphatic heterocycles. The number of allylic oxidation sites excluding steroid dienone is 4. The molecule has 0 aromatic rings. The van der Waals surface area contributed by atoms with Gasteiger partial charge in [-0.05, 0) is 41.7 Å². The minimum atomic E-state index is -1.15. The lowest BCUT2D eigenvalue weighted by Crippen LogP contribution is -2.44. The third-order valence-electron chi connectivity index (χ3n) is 7.94. The molecule has 3 aliphatic carbocycles. The van der Waals surface area contributed by atoms with Crippen molar-refractivity contribution in [1.82, 2.24) is 0 Å². The van der Waals surface area contributed by atoms with Crippen molar-refractivity contribution in [1.29, 1.82) is 0 Å². The maximum Gasteiger partial charge on any atom is 0.0598 e. The van der Waals surface area contributed by atoms with E-state index in [1.54, 1.807) is 31.4 Å². The molecule has 0 N–H and O–H groups in total. The summed E-state index contributed by atoms with van der Waals surface area (Å²) in [7, 11) is -1.15. The molecule has 0 amide bonds. The molecule has 1 heteroatoms. The topological polar surface area (TPSA) is 0 Å². The van der Waals surface area contributed by atoms with E-state index in [-0.39, 0.29) is 0 Å². The average molecular weight is 331 g/mol. The molecule has 0 bridgehead atoms. The molecule has 23 heavy (non-hydrogen) atoms. The van der Waals surface area contributed by atoms with Crippen LogP contribution in [0.15, 0.2) is 24.3 Å². The second-order valence-corrected chi connectivity index (χ2v) is 14.0. The molecular formula is C22H38Si. The third kappa shape index (κ3) is 3.15. The summed E-state index contributed by atoms with van der Waals surface area (Å²) < 4.78 is 0. The standard InChI is InChI=1S/C22H38Si/c1-4-7-12-18-17-22(21-16-11-10-15-20(18)21)23(5-2,6-3)19-13-8-9-14-19/h10-11,15-16,18-22H,4-9,12-14,17H2,1-3H3. The maximum atomic E-state index is 2.63. The monoisotopic (exact) mass is 330 g/mol. The Morgan fingerprint density at radius 2 is 1.57 bits per heavy atom. The molecule has 0 heterocycles. The molecule has 2 saturated carbocycles. The SMILES string of the molecule is CCCCC1CC([Si](CC)(CC)C2CCCC2)C2C=CC=CC12. The fourth-order valence-electron chi connectivity index (χ4n) is 6.71. The van der Waals surface area contributed by atoms with Gasteiger partial charge in [0, 0.05) is 0 Å². The van der Waals surface area contributed by atoms with E-state index in [2.05, 4.69) is 45.1 Å². The molecule has 0 radical (unpaired) electrons. The molecular weight excluding hydrogens is 292 g/mol. The van der Waals surface area contributed by atoms with Crippen molar-refractivity contribution in [3.05, 3.63) is 24.3 Å². The summed E-state index contributed by atoms with van der Waals surface area (Å²) >= 11 is 0. The van der Waals surface area contributed by atoms with E-state index < -0.39 is 8.07 Å². The van der Waals surface area contributed by atoms with Crippen molar-refractivity contribution in [2.24, 2.45) is 17.8 Å². The zero-order chi connectivity index (χ0) is 16.3. The number of hydrogen-bond donors (Lipinski definition) is 0. The summed E-state index contributed by atoms with van der Waals surface area (Å²) in [6, 6.07) is 3.08. The van der Waals surface area contributed by atoms with Crippen LogP contribution in [-0.4, -0.2) is 8.07 Å². The molecule has 2 fully saturated rings. The van der Waals surface area contributed by atoms with Gasteiger partial charge in [-0.2, -0.15) is 0 Å². The highest BCUT2D eigenvalue weighted by Gasteiger charge is 2.53. The number of unbranched alkanes of at least 4 members (excludes halogenated alkanes) is 1. The molecule has 3 rings (SSSR count). The average Bonchev–Trinajstić information content (AvgIpc) is 3.24. The Balaban J connectivity index is 1.86. The van der Waals surface area contributed by atoms with Crippen molar-refractivity contribution in [3.63, 3.8) is 0 Å². The lowest BCUT2D eigenvalue weighted by Gasteiger charge is -2.44. The Labute approximate surface area is 145 Å². The third-order valence-corrected chi connectivity index (χ3v) is 14.9. The first-order chi connectivity index (χ1) is 11.3. The Morgan fingerprint density at radius 3 is 2.17 bits per heavy atom. The van der Waals surface area contributed by atoms with Crippen molar-refractivity contribution >= 4 is 8.07 Å². The van der Waals surface area contributed by atoms with Crippen molar-refractivity contribution in [2.75, 3.05) is 0 Å². The molecule has 4 atom stereocenters. The van der Waals surface area contributed by atoms with Crippen LogP contribution in [0.5, 0.6) is 0 Å². The Morgan fingerprint density at radius 1 is 0.913 bits per heavy atom. The van der Waals surface area contributed by atoms with Crippen molar-refractivity contribution in [3.8, 4) is 0 Å². The molecule has 0 aromatic carbocycles. The number of hydrogen-bond acceptors (Lipinski definition) is 0. The van der Waals surface area contributed by atoms with Gasteiger partial charge in [0.2, 0.25) is 0 Å². The Hall–Kier alpha value is -0.303. The quantitative estimate of drug-likeness (QED) is 0.428. The fraction of sp³-hybridized carbons (Fsp3) is 0.818. The Kier molecular flexibility index (Phi) is 5.88. The van der Waals surface area contributed by atoms with Gasteiger partial charge in [-0.1, -0.05) is 95.7 Å². The Bertz CT molecular complexity index is 425. The van der Waals surface area contributed by atoms with Crippen molar-refractivity contribution in [2.45, 2.75) is 95.3 Å². The predicted molar refractivity (Wildman–Crippen MR) is 106 cm³/mol. The van der Waals surface area contributed by atoms with Crippen LogP contribution in [0.3, 0.4) is 0 Å². The van der Waals surface area contributed by atoms with E-state index in [0.717, 1.165) is 28.8 Å². The summed E-state index contributed by atoms with van der Waals surface area (Å²) in [6.07, 6.45) is 22.0. The van der Waals surface area contributed by atoms with Gasteiger partial charge in [0.25, 0.3) is 0 Å². The minimum Gasteiger partial charge on any atom is -0.0808 e.